The molecule has 4 rings (SSSR count). The van der Waals surface area contributed by atoms with Gasteiger partial charge in [0.1, 0.15) is 6.33 Å². The summed E-state index contributed by atoms with van der Waals surface area (Å²) in [5.74, 6) is 1.55. The SMILES string of the molecule is O=[N+]([O-])c1c(NCc2ccc3c(c2)OCO3)ncnc1Nc1cccc(Br)c1. The second-order valence-electron chi connectivity index (χ2n) is 5.85. The van der Waals surface area contributed by atoms with Gasteiger partial charge in [-0.25, -0.2) is 9.97 Å². The van der Waals surface area contributed by atoms with Gasteiger partial charge in [0, 0.05) is 16.7 Å². The lowest BCUT2D eigenvalue weighted by Crippen LogP contribution is -2.08. The van der Waals surface area contributed by atoms with Gasteiger partial charge in [-0.2, -0.15) is 0 Å². The highest BCUT2D eigenvalue weighted by Gasteiger charge is 2.23. The summed E-state index contributed by atoms with van der Waals surface area (Å²) in [7, 11) is 0. The Labute approximate surface area is 168 Å². The molecule has 2 heterocycles. The summed E-state index contributed by atoms with van der Waals surface area (Å²) in [6.45, 7) is 0.513. The van der Waals surface area contributed by atoms with E-state index in [1.54, 1.807) is 18.2 Å². The topological polar surface area (TPSA) is 111 Å². The maximum absolute atomic E-state index is 11.7. The van der Waals surface area contributed by atoms with Gasteiger partial charge in [0.05, 0.1) is 4.92 Å². The van der Waals surface area contributed by atoms with Crippen molar-refractivity contribution in [3.8, 4) is 11.5 Å². The number of nitrogens with one attached hydrogen (secondary N) is 2. The van der Waals surface area contributed by atoms with Crippen LogP contribution >= 0.6 is 15.9 Å². The molecule has 9 nitrogen and oxygen atoms in total. The molecule has 2 aromatic carbocycles. The van der Waals surface area contributed by atoms with E-state index in [0.717, 1.165) is 10.0 Å². The molecule has 142 valence electrons. The Bertz CT molecular complexity index is 1050. The average molecular weight is 444 g/mol. The molecule has 0 bridgehead atoms. The van der Waals surface area contributed by atoms with Gasteiger partial charge in [-0.3, -0.25) is 10.1 Å². The lowest BCUT2D eigenvalue weighted by Gasteiger charge is -2.10. The quantitative estimate of drug-likeness (QED) is 0.429. The van der Waals surface area contributed by atoms with Gasteiger partial charge in [0.25, 0.3) is 0 Å². The van der Waals surface area contributed by atoms with Gasteiger partial charge in [0.2, 0.25) is 18.4 Å². The first-order valence-electron chi connectivity index (χ1n) is 8.24. The summed E-state index contributed by atoms with van der Waals surface area (Å²) in [4.78, 5) is 19.2. The third kappa shape index (κ3) is 3.81. The van der Waals surface area contributed by atoms with Crippen molar-refractivity contribution in [3.05, 3.63) is 68.9 Å². The Balaban J connectivity index is 1.57. The lowest BCUT2D eigenvalue weighted by molar-refractivity contribution is -0.383. The number of fused-ring (bicyclic) bond motifs is 1. The fraction of sp³-hybridized carbons (Fsp3) is 0.111. The van der Waals surface area contributed by atoms with E-state index in [1.807, 2.05) is 24.3 Å². The van der Waals surface area contributed by atoms with Crippen molar-refractivity contribution >= 4 is 38.9 Å². The van der Waals surface area contributed by atoms with Crippen LogP contribution in [0.2, 0.25) is 0 Å². The normalized spacial score (nSPS) is 11.9. The number of aromatic nitrogens is 2. The molecule has 0 saturated carbocycles. The third-order valence-corrected chi connectivity index (χ3v) is 4.48. The Morgan fingerprint density at radius 1 is 1.11 bits per heavy atom. The minimum atomic E-state index is -0.512. The predicted molar refractivity (Wildman–Crippen MR) is 106 cm³/mol. The fourth-order valence-corrected chi connectivity index (χ4v) is 3.11. The largest absolute Gasteiger partial charge is 0.454 e. The van der Waals surface area contributed by atoms with Crippen LogP contribution in [-0.2, 0) is 6.54 Å². The van der Waals surface area contributed by atoms with Crippen LogP contribution in [0, 0.1) is 10.1 Å². The summed E-state index contributed by atoms with van der Waals surface area (Å²) in [5.41, 5.74) is 1.31. The number of nitrogens with zero attached hydrogens (tertiary/aromatic N) is 3. The molecule has 2 N–H and O–H groups in total. The second kappa shape index (κ2) is 7.69. The maximum atomic E-state index is 11.7. The molecule has 0 radical (unpaired) electrons. The highest BCUT2D eigenvalue weighted by Crippen LogP contribution is 2.34. The first-order valence-corrected chi connectivity index (χ1v) is 9.04. The Morgan fingerprint density at radius 3 is 2.75 bits per heavy atom. The van der Waals surface area contributed by atoms with Crippen molar-refractivity contribution in [2.75, 3.05) is 17.4 Å². The molecule has 0 saturated heterocycles. The summed E-state index contributed by atoms with van der Waals surface area (Å²) >= 11 is 3.37. The highest BCUT2D eigenvalue weighted by molar-refractivity contribution is 9.10. The number of rotatable bonds is 6. The first-order chi connectivity index (χ1) is 13.6. The fourth-order valence-electron chi connectivity index (χ4n) is 2.71. The molecule has 0 atom stereocenters. The third-order valence-electron chi connectivity index (χ3n) is 3.99. The van der Waals surface area contributed by atoms with Crippen molar-refractivity contribution in [2.24, 2.45) is 0 Å². The molecule has 0 unspecified atom stereocenters. The van der Waals surface area contributed by atoms with E-state index < -0.39 is 4.92 Å². The molecule has 1 aliphatic heterocycles. The van der Waals surface area contributed by atoms with E-state index in [2.05, 4.69) is 36.5 Å². The van der Waals surface area contributed by atoms with Crippen LogP contribution < -0.4 is 20.1 Å². The van der Waals surface area contributed by atoms with Crippen molar-refractivity contribution in [1.82, 2.24) is 9.97 Å². The smallest absolute Gasteiger partial charge is 0.353 e. The molecule has 10 heteroatoms. The predicted octanol–water partition coefficient (Wildman–Crippen LogP) is 4.23. The number of benzene rings is 2. The Morgan fingerprint density at radius 2 is 1.93 bits per heavy atom. The van der Waals surface area contributed by atoms with Crippen molar-refractivity contribution in [3.63, 3.8) is 0 Å². The van der Waals surface area contributed by atoms with Gasteiger partial charge in [0.15, 0.2) is 11.5 Å². The minimum Gasteiger partial charge on any atom is -0.454 e. The number of halogens is 1. The van der Waals surface area contributed by atoms with Crippen LogP contribution in [0.1, 0.15) is 5.56 Å². The van der Waals surface area contributed by atoms with E-state index in [1.165, 1.54) is 6.33 Å². The molecule has 0 amide bonds. The van der Waals surface area contributed by atoms with Crippen LogP contribution in [0.5, 0.6) is 11.5 Å². The highest BCUT2D eigenvalue weighted by atomic mass is 79.9. The number of ether oxygens (including phenoxy) is 2. The van der Waals surface area contributed by atoms with Crippen molar-refractivity contribution < 1.29 is 14.4 Å². The monoisotopic (exact) mass is 443 g/mol. The molecule has 28 heavy (non-hydrogen) atoms. The van der Waals surface area contributed by atoms with Crippen LogP contribution in [0.3, 0.4) is 0 Å². The second-order valence-corrected chi connectivity index (χ2v) is 6.77. The van der Waals surface area contributed by atoms with E-state index in [-0.39, 0.29) is 24.1 Å². The molecule has 3 aromatic rings. The van der Waals surface area contributed by atoms with Gasteiger partial charge in [-0.05, 0) is 35.9 Å². The summed E-state index contributed by atoms with van der Waals surface area (Å²) < 4.78 is 11.5. The zero-order chi connectivity index (χ0) is 19.5. The van der Waals surface area contributed by atoms with Crippen LogP contribution in [0.15, 0.2) is 53.3 Å². The molecule has 0 spiro atoms. The molecular weight excluding hydrogens is 430 g/mol. The summed E-state index contributed by atoms with van der Waals surface area (Å²) in [5, 5.41) is 17.6. The van der Waals surface area contributed by atoms with E-state index in [0.29, 0.717) is 23.7 Å². The van der Waals surface area contributed by atoms with Crippen molar-refractivity contribution in [1.29, 1.82) is 0 Å². The minimum absolute atomic E-state index is 0.103. The molecule has 1 aromatic heterocycles. The van der Waals surface area contributed by atoms with Gasteiger partial charge in [-0.1, -0.05) is 28.1 Å². The molecule has 0 aliphatic carbocycles. The number of hydrogen-bond donors (Lipinski definition) is 2. The van der Waals surface area contributed by atoms with Gasteiger partial charge >= 0.3 is 5.69 Å². The Hall–Kier alpha value is -3.40. The summed E-state index contributed by atoms with van der Waals surface area (Å²) in [6.07, 6.45) is 1.27. The zero-order valence-electron chi connectivity index (χ0n) is 14.4. The average Bonchev–Trinajstić information content (AvgIpc) is 3.14. The van der Waals surface area contributed by atoms with Gasteiger partial charge in [-0.15, -0.1) is 0 Å². The maximum Gasteiger partial charge on any atom is 0.353 e. The first kappa shape index (κ1) is 18.0. The number of hydrogen-bond acceptors (Lipinski definition) is 8. The molecular formula is C18H14BrN5O4. The van der Waals surface area contributed by atoms with E-state index in [9.17, 15) is 10.1 Å². The summed E-state index contributed by atoms with van der Waals surface area (Å²) in [6, 6.07) is 12.7. The van der Waals surface area contributed by atoms with Gasteiger partial charge < -0.3 is 20.1 Å². The standard InChI is InChI=1S/C18H14BrN5O4/c19-12-2-1-3-13(7-12)23-18-16(24(25)26)17(21-9-22-18)20-8-11-4-5-14-15(6-11)28-10-27-14/h1-7,9H,8,10H2,(H2,20,21,22,23). The van der Waals surface area contributed by atoms with Crippen molar-refractivity contribution in [2.45, 2.75) is 6.54 Å². The van der Waals surface area contributed by atoms with E-state index in [4.69, 9.17) is 9.47 Å². The van der Waals surface area contributed by atoms with Crippen LogP contribution in [0.4, 0.5) is 23.0 Å². The molecule has 0 fully saturated rings. The zero-order valence-corrected chi connectivity index (χ0v) is 16.0. The Kier molecular flexibility index (Phi) is 4.94. The number of nitro groups is 1. The van der Waals surface area contributed by atoms with Crippen LogP contribution in [0.25, 0.3) is 0 Å². The number of anilines is 3. The van der Waals surface area contributed by atoms with E-state index >= 15 is 0 Å². The van der Waals surface area contributed by atoms with Crippen LogP contribution in [-0.4, -0.2) is 21.7 Å². The lowest BCUT2D eigenvalue weighted by atomic mass is 10.2. The molecule has 1 aliphatic rings.